The molecular weight excluding hydrogens is 528 g/mol. The van der Waals surface area contributed by atoms with Gasteiger partial charge in [0.15, 0.2) is 17.0 Å². The molecule has 2 aromatic carbocycles. The van der Waals surface area contributed by atoms with E-state index < -0.39 is 22.7 Å². The number of hydrogen-bond acceptors (Lipinski definition) is 6. The van der Waals surface area contributed by atoms with Gasteiger partial charge in [0.25, 0.3) is 0 Å². The van der Waals surface area contributed by atoms with Gasteiger partial charge in [0.1, 0.15) is 22.7 Å². The van der Waals surface area contributed by atoms with E-state index in [0.29, 0.717) is 25.2 Å². The Kier molecular flexibility index (Phi) is 6.17. The van der Waals surface area contributed by atoms with E-state index in [9.17, 15) is 9.59 Å². The molecule has 6 rings (SSSR count). The minimum absolute atomic E-state index is 0.0775. The fourth-order valence-corrected chi connectivity index (χ4v) is 5.68. The summed E-state index contributed by atoms with van der Waals surface area (Å²) < 4.78 is 38.8. The highest BCUT2D eigenvalue weighted by Crippen LogP contribution is 2.35. The molecule has 0 N–H and O–H groups in total. The lowest BCUT2D eigenvalue weighted by Gasteiger charge is -2.40. The van der Waals surface area contributed by atoms with Crippen molar-refractivity contribution >= 4 is 50.3 Å². The van der Waals surface area contributed by atoms with Crippen LogP contribution in [-0.2, 0) is 10.2 Å². The van der Waals surface area contributed by atoms with Crippen LogP contribution in [0.25, 0.3) is 38.6 Å². The van der Waals surface area contributed by atoms with Gasteiger partial charge in [-0.2, -0.15) is 4.98 Å². The summed E-state index contributed by atoms with van der Waals surface area (Å²) in [5.74, 6) is -1.42. The lowest BCUT2D eigenvalue weighted by atomic mass is 9.86. The van der Waals surface area contributed by atoms with Crippen LogP contribution >= 0.6 is 0 Å². The number of benzene rings is 2. The number of rotatable bonds is 2. The molecule has 1 aliphatic heterocycles. The van der Waals surface area contributed by atoms with Gasteiger partial charge in [-0.3, -0.25) is 4.79 Å². The SMILES string of the molecule is C=CC(=O)N1CCN(c2nc(=O)n3c4nc(c(F)cc24)c2c(F)cccc2oc2cccc(C(C)(C)C)c23)[C@@H](C)C1. The van der Waals surface area contributed by atoms with Crippen molar-refractivity contribution < 1.29 is 18.0 Å². The highest BCUT2D eigenvalue weighted by atomic mass is 19.1. The Labute approximate surface area is 234 Å². The van der Waals surface area contributed by atoms with E-state index in [2.05, 4.69) is 16.5 Å². The second kappa shape index (κ2) is 9.50. The number of halogens is 2. The number of aromatic nitrogens is 3. The molecule has 1 fully saturated rings. The van der Waals surface area contributed by atoms with Crippen LogP contribution < -0.4 is 10.6 Å². The maximum atomic E-state index is 15.9. The van der Waals surface area contributed by atoms with E-state index in [1.54, 1.807) is 23.1 Å². The first-order valence-electron chi connectivity index (χ1n) is 13.4. The summed E-state index contributed by atoms with van der Waals surface area (Å²) in [6.45, 7) is 12.6. The van der Waals surface area contributed by atoms with Crippen molar-refractivity contribution in [2.45, 2.75) is 39.2 Å². The van der Waals surface area contributed by atoms with Crippen LogP contribution in [0.5, 0.6) is 0 Å². The summed E-state index contributed by atoms with van der Waals surface area (Å²) in [5.41, 5.74) is 0.328. The normalized spacial score (nSPS) is 16.2. The van der Waals surface area contributed by atoms with Crippen LogP contribution in [0.3, 0.4) is 0 Å². The predicted molar refractivity (Wildman–Crippen MR) is 155 cm³/mol. The number of nitrogens with zero attached hydrogens (tertiary/aromatic N) is 5. The van der Waals surface area contributed by atoms with Crippen molar-refractivity contribution in [1.29, 1.82) is 0 Å². The second-order valence-corrected chi connectivity index (χ2v) is 11.4. The predicted octanol–water partition coefficient (Wildman–Crippen LogP) is 5.50. The molecule has 0 aliphatic carbocycles. The van der Waals surface area contributed by atoms with Crippen molar-refractivity contribution in [2.75, 3.05) is 24.5 Å². The molecule has 8 nitrogen and oxygen atoms in total. The largest absolute Gasteiger partial charge is 0.454 e. The van der Waals surface area contributed by atoms with Crippen LogP contribution in [-0.4, -0.2) is 50.9 Å². The van der Waals surface area contributed by atoms with Crippen molar-refractivity contribution in [3.05, 3.63) is 82.8 Å². The van der Waals surface area contributed by atoms with Gasteiger partial charge in [0.05, 0.1) is 16.3 Å². The molecule has 0 spiro atoms. The molecule has 0 unspecified atom stereocenters. The van der Waals surface area contributed by atoms with Crippen LogP contribution in [0.2, 0.25) is 0 Å². The lowest BCUT2D eigenvalue weighted by molar-refractivity contribution is -0.126. The Hall–Kier alpha value is -4.60. The highest BCUT2D eigenvalue weighted by Gasteiger charge is 2.30. The fourth-order valence-electron chi connectivity index (χ4n) is 5.68. The Morgan fingerprint density at radius 1 is 1.07 bits per heavy atom. The zero-order chi connectivity index (χ0) is 29.2. The monoisotopic (exact) mass is 557 g/mol. The van der Waals surface area contributed by atoms with Gasteiger partial charge in [-0.15, -0.1) is 0 Å². The molecule has 210 valence electrons. The molecule has 0 radical (unpaired) electrons. The summed E-state index contributed by atoms with van der Waals surface area (Å²) in [6.07, 6.45) is 1.27. The van der Waals surface area contributed by atoms with E-state index in [1.165, 1.54) is 28.7 Å². The highest BCUT2D eigenvalue weighted by molar-refractivity contribution is 5.99. The first kappa shape index (κ1) is 26.6. The maximum absolute atomic E-state index is 15.9. The number of carbonyl (C=O) groups excluding carboxylic acids is 1. The van der Waals surface area contributed by atoms with Gasteiger partial charge in [-0.25, -0.2) is 23.0 Å². The number of anilines is 1. The second-order valence-electron chi connectivity index (χ2n) is 11.4. The van der Waals surface area contributed by atoms with E-state index in [4.69, 9.17) is 4.42 Å². The lowest BCUT2D eigenvalue weighted by Crippen LogP contribution is -2.54. The number of piperazine rings is 1. The molecule has 1 amide bonds. The number of para-hydroxylation sites is 1. The molecular formula is C31H29F2N5O3. The summed E-state index contributed by atoms with van der Waals surface area (Å²) in [4.78, 5) is 38.9. The number of carbonyl (C=O) groups is 1. The van der Waals surface area contributed by atoms with Gasteiger partial charge < -0.3 is 14.2 Å². The Morgan fingerprint density at radius 3 is 2.51 bits per heavy atom. The molecule has 1 saturated heterocycles. The van der Waals surface area contributed by atoms with Crippen molar-refractivity contribution in [2.24, 2.45) is 0 Å². The maximum Gasteiger partial charge on any atom is 0.355 e. The summed E-state index contributed by atoms with van der Waals surface area (Å²) >= 11 is 0. The zero-order valence-electron chi connectivity index (χ0n) is 23.2. The van der Waals surface area contributed by atoms with Crippen LogP contribution in [0.15, 0.2) is 64.3 Å². The molecule has 2 bridgehead atoms. The Bertz CT molecular complexity index is 1990. The number of fused-ring (bicyclic) bond motifs is 5. The number of pyridine rings is 1. The summed E-state index contributed by atoms with van der Waals surface area (Å²) in [6, 6.07) is 10.6. The van der Waals surface area contributed by atoms with Gasteiger partial charge in [-0.05, 0) is 48.2 Å². The average molecular weight is 558 g/mol. The van der Waals surface area contributed by atoms with Gasteiger partial charge >= 0.3 is 5.69 Å². The minimum Gasteiger partial charge on any atom is -0.454 e. The van der Waals surface area contributed by atoms with Crippen LogP contribution in [0, 0.1) is 11.6 Å². The Morgan fingerprint density at radius 2 is 1.80 bits per heavy atom. The quantitative estimate of drug-likeness (QED) is 0.267. The van der Waals surface area contributed by atoms with E-state index >= 15 is 8.78 Å². The number of hydrogen-bond donors (Lipinski definition) is 0. The summed E-state index contributed by atoms with van der Waals surface area (Å²) in [5, 5.41) is 0.152. The molecule has 10 heteroatoms. The average Bonchev–Trinajstić information content (AvgIpc) is 2.98. The van der Waals surface area contributed by atoms with Crippen LogP contribution in [0.4, 0.5) is 14.6 Å². The molecule has 1 atom stereocenters. The summed E-state index contributed by atoms with van der Waals surface area (Å²) in [7, 11) is 0. The standard InChI is InChI=1S/C31H29F2N5O3/c1-6-24(39)36-13-14-37(17(2)16-36)28-18-15-21(33)26-25-20(32)10-8-11-22(25)41-23-12-7-9-19(31(3,4)5)27(23)38(29(18)34-26)30(40)35-28/h6-12,15,17H,1,13-14,16H2,2-5H3/t17-/m0/s1. The first-order valence-corrected chi connectivity index (χ1v) is 13.4. The topological polar surface area (TPSA) is 84.0 Å². The third-order valence-electron chi connectivity index (χ3n) is 7.65. The third kappa shape index (κ3) is 4.25. The molecule has 1 aliphatic rings. The van der Waals surface area contributed by atoms with Crippen molar-refractivity contribution in [3.8, 4) is 0 Å². The third-order valence-corrected chi connectivity index (χ3v) is 7.65. The zero-order valence-corrected chi connectivity index (χ0v) is 23.2. The van der Waals surface area contributed by atoms with Crippen molar-refractivity contribution in [1.82, 2.24) is 19.3 Å². The van der Waals surface area contributed by atoms with E-state index in [0.717, 1.165) is 5.56 Å². The van der Waals surface area contributed by atoms with Crippen LogP contribution in [0.1, 0.15) is 33.3 Å². The van der Waals surface area contributed by atoms with Gasteiger partial charge in [-0.1, -0.05) is 45.5 Å². The fraction of sp³-hybridized carbons (Fsp3) is 0.290. The van der Waals surface area contributed by atoms with Gasteiger partial charge in [0.2, 0.25) is 5.91 Å². The molecule has 0 saturated carbocycles. The molecule has 41 heavy (non-hydrogen) atoms. The van der Waals surface area contributed by atoms with Gasteiger partial charge in [0, 0.05) is 25.7 Å². The molecule has 3 aromatic heterocycles. The molecule has 4 heterocycles. The molecule has 5 aromatic rings. The van der Waals surface area contributed by atoms with Crippen molar-refractivity contribution in [3.63, 3.8) is 0 Å². The smallest absolute Gasteiger partial charge is 0.355 e. The number of amides is 1. The minimum atomic E-state index is -0.782. The first-order chi connectivity index (χ1) is 19.5. The van der Waals surface area contributed by atoms with E-state index in [-0.39, 0.29) is 50.9 Å². The van der Waals surface area contributed by atoms with E-state index in [1.807, 2.05) is 38.7 Å². The Balaban J connectivity index is 1.80.